The maximum absolute atomic E-state index is 5.93. The SMILES string of the molecule is COc1ccnc(-c2cccc(C(C)(C)c3cccc(Oc4ccccc4)n3)c2)c1. The van der Waals surface area contributed by atoms with E-state index in [9.17, 15) is 0 Å². The first-order valence-corrected chi connectivity index (χ1v) is 9.88. The van der Waals surface area contributed by atoms with Crippen LogP contribution < -0.4 is 9.47 Å². The molecule has 0 aliphatic carbocycles. The topological polar surface area (TPSA) is 44.2 Å². The van der Waals surface area contributed by atoms with Crippen LogP contribution in [0.2, 0.25) is 0 Å². The Labute approximate surface area is 177 Å². The molecule has 2 heterocycles. The van der Waals surface area contributed by atoms with Crippen molar-refractivity contribution < 1.29 is 9.47 Å². The van der Waals surface area contributed by atoms with Crippen LogP contribution in [0.25, 0.3) is 11.3 Å². The highest BCUT2D eigenvalue weighted by atomic mass is 16.5. The predicted molar refractivity (Wildman–Crippen MR) is 119 cm³/mol. The second-order valence-corrected chi connectivity index (χ2v) is 7.56. The van der Waals surface area contributed by atoms with E-state index in [2.05, 4.69) is 43.1 Å². The first kappa shape index (κ1) is 19.6. The van der Waals surface area contributed by atoms with Crippen molar-refractivity contribution in [1.29, 1.82) is 0 Å². The van der Waals surface area contributed by atoms with Crippen LogP contribution in [0, 0.1) is 0 Å². The minimum atomic E-state index is -0.315. The molecule has 0 unspecified atom stereocenters. The van der Waals surface area contributed by atoms with Gasteiger partial charge >= 0.3 is 0 Å². The fourth-order valence-corrected chi connectivity index (χ4v) is 3.34. The van der Waals surface area contributed by atoms with Crippen molar-refractivity contribution in [2.75, 3.05) is 7.11 Å². The van der Waals surface area contributed by atoms with Gasteiger partial charge in [0.25, 0.3) is 0 Å². The molecule has 0 spiro atoms. The van der Waals surface area contributed by atoms with Gasteiger partial charge in [0.05, 0.1) is 18.5 Å². The highest BCUT2D eigenvalue weighted by molar-refractivity contribution is 5.62. The minimum Gasteiger partial charge on any atom is -0.497 e. The molecule has 30 heavy (non-hydrogen) atoms. The number of benzene rings is 2. The molecule has 4 nitrogen and oxygen atoms in total. The Kier molecular flexibility index (Phi) is 5.48. The molecule has 150 valence electrons. The van der Waals surface area contributed by atoms with Gasteiger partial charge in [-0.05, 0) is 35.9 Å². The summed E-state index contributed by atoms with van der Waals surface area (Å²) in [6, 6.07) is 27.8. The van der Waals surface area contributed by atoms with E-state index in [4.69, 9.17) is 14.5 Å². The molecule has 2 aromatic heterocycles. The van der Waals surface area contributed by atoms with Crippen molar-refractivity contribution >= 4 is 0 Å². The monoisotopic (exact) mass is 396 g/mol. The average molecular weight is 396 g/mol. The van der Waals surface area contributed by atoms with Crippen LogP contribution in [0.15, 0.2) is 91.1 Å². The number of pyridine rings is 2. The summed E-state index contributed by atoms with van der Waals surface area (Å²) in [4.78, 5) is 9.29. The van der Waals surface area contributed by atoms with Crippen LogP contribution in [-0.2, 0) is 5.41 Å². The third-order valence-corrected chi connectivity index (χ3v) is 5.18. The standard InChI is InChI=1S/C26H24N2O2/c1-26(2,24-13-8-14-25(28-24)30-21-11-5-4-6-12-21)20-10-7-9-19(17-20)23-18-22(29-3)15-16-27-23/h4-18H,1-3H3. The Balaban J connectivity index is 1.66. The van der Waals surface area contributed by atoms with Gasteiger partial charge in [-0.1, -0.05) is 56.3 Å². The summed E-state index contributed by atoms with van der Waals surface area (Å²) in [7, 11) is 1.66. The van der Waals surface area contributed by atoms with Gasteiger partial charge < -0.3 is 9.47 Å². The van der Waals surface area contributed by atoms with Crippen molar-refractivity contribution in [3.63, 3.8) is 0 Å². The summed E-state index contributed by atoms with van der Waals surface area (Å²) in [6.45, 7) is 4.33. The quantitative estimate of drug-likeness (QED) is 0.385. The van der Waals surface area contributed by atoms with Gasteiger partial charge in [0.15, 0.2) is 0 Å². The third-order valence-electron chi connectivity index (χ3n) is 5.18. The lowest BCUT2D eigenvalue weighted by atomic mass is 9.80. The number of aromatic nitrogens is 2. The number of hydrogen-bond acceptors (Lipinski definition) is 4. The molecule has 0 saturated heterocycles. The Morgan fingerprint density at radius 2 is 1.57 bits per heavy atom. The fourth-order valence-electron chi connectivity index (χ4n) is 3.34. The molecule has 0 saturated carbocycles. The maximum Gasteiger partial charge on any atom is 0.219 e. The zero-order valence-corrected chi connectivity index (χ0v) is 17.4. The Hall–Kier alpha value is -3.66. The predicted octanol–water partition coefficient (Wildman–Crippen LogP) is 6.27. The van der Waals surface area contributed by atoms with E-state index in [0.29, 0.717) is 5.88 Å². The summed E-state index contributed by atoms with van der Waals surface area (Å²) >= 11 is 0. The van der Waals surface area contributed by atoms with Crippen LogP contribution in [0.5, 0.6) is 17.4 Å². The number of rotatable bonds is 6. The van der Waals surface area contributed by atoms with Gasteiger partial charge in [-0.15, -0.1) is 0 Å². The molecular formula is C26H24N2O2. The van der Waals surface area contributed by atoms with E-state index in [1.165, 1.54) is 0 Å². The third kappa shape index (κ3) is 4.18. The van der Waals surface area contributed by atoms with Crippen molar-refractivity contribution in [3.8, 4) is 28.6 Å². The lowest BCUT2D eigenvalue weighted by Gasteiger charge is -2.25. The van der Waals surface area contributed by atoms with Gasteiger partial charge in [-0.3, -0.25) is 4.98 Å². The number of nitrogens with zero attached hydrogens (tertiary/aromatic N) is 2. The molecule has 0 amide bonds. The number of para-hydroxylation sites is 1. The van der Waals surface area contributed by atoms with Crippen molar-refractivity contribution in [1.82, 2.24) is 9.97 Å². The van der Waals surface area contributed by atoms with Crippen LogP contribution in [0.1, 0.15) is 25.1 Å². The molecule has 0 aliphatic heterocycles. The van der Waals surface area contributed by atoms with Crippen molar-refractivity contribution in [2.24, 2.45) is 0 Å². The fraction of sp³-hybridized carbons (Fsp3) is 0.154. The largest absolute Gasteiger partial charge is 0.497 e. The lowest BCUT2D eigenvalue weighted by Crippen LogP contribution is -2.20. The number of methoxy groups -OCH3 is 1. The van der Waals surface area contributed by atoms with E-state index >= 15 is 0 Å². The van der Waals surface area contributed by atoms with E-state index < -0.39 is 0 Å². The summed E-state index contributed by atoms with van der Waals surface area (Å²) < 4.78 is 11.3. The maximum atomic E-state index is 5.93. The van der Waals surface area contributed by atoms with Crippen LogP contribution in [0.3, 0.4) is 0 Å². The average Bonchev–Trinajstić information content (AvgIpc) is 2.80. The molecule has 0 radical (unpaired) electrons. The summed E-state index contributed by atoms with van der Waals surface area (Å²) in [6.07, 6.45) is 1.76. The Morgan fingerprint density at radius 3 is 2.37 bits per heavy atom. The van der Waals surface area contributed by atoms with E-state index in [1.54, 1.807) is 13.3 Å². The van der Waals surface area contributed by atoms with Crippen LogP contribution in [0.4, 0.5) is 0 Å². The molecule has 0 atom stereocenters. The van der Waals surface area contributed by atoms with Crippen LogP contribution >= 0.6 is 0 Å². The molecule has 4 heteroatoms. The van der Waals surface area contributed by atoms with Crippen molar-refractivity contribution in [2.45, 2.75) is 19.3 Å². The normalized spacial score (nSPS) is 11.2. The summed E-state index contributed by atoms with van der Waals surface area (Å²) in [5.41, 5.74) is 3.68. The van der Waals surface area contributed by atoms with E-state index in [0.717, 1.165) is 34.0 Å². The zero-order chi connectivity index (χ0) is 21.0. The molecule has 4 aromatic rings. The second-order valence-electron chi connectivity index (χ2n) is 7.56. The zero-order valence-electron chi connectivity index (χ0n) is 17.4. The first-order chi connectivity index (χ1) is 14.6. The van der Waals surface area contributed by atoms with Gasteiger partial charge in [0, 0.05) is 29.3 Å². The summed E-state index contributed by atoms with van der Waals surface area (Å²) in [5, 5.41) is 0. The molecule has 0 aliphatic rings. The van der Waals surface area contributed by atoms with Gasteiger partial charge in [0.2, 0.25) is 5.88 Å². The second kappa shape index (κ2) is 8.37. The van der Waals surface area contributed by atoms with E-state index in [1.807, 2.05) is 60.7 Å². The Bertz CT molecular complexity index is 1140. The van der Waals surface area contributed by atoms with E-state index in [-0.39, 0.29) is 5.41 Å². The molecular weight excluding hydrogens is 372 g/mol. The first-order valence-electron chi connectivity index (χ1n) is 9.88. The highest BCUT2D eigenvalue weighted by Gasteiger charge is 2.25. The highest BCUT2D eigenvalue weighted by Crippen LogP contribution is 2.34. The van der Waals surface area contributed by atoms with Gasteiger partial charge in [-0.25, -0.2) is 4.98 Å². The minimum absolute atomic E-state index is 0.315. The molecule has 0 N–H and O–H groups in total. The van der Waals surface area contributed by atoms with Gasteiger partial charge in [0.1, 0.15) is 11.5 Å². The summed E-state index contributed by atoms with van der Waals surface area (Å²) in [5.74, 6) is 2.14. The van der Waals surface area contributed by atoms with Gasteiger partial charge in [-0.2, -0.15) is 0 Å². The smallest absolute Gasteiger partial charge is 0.219 e. The molecule has 2 aromatic carbocycles. The van der Waals surface area contributed by atoms with Crippen LogP contribution in [-0.4, -0.2) is 17.1 Å². The molecule has 4 rings (SSSR count). The van der Waals surface area contributed by atoms with Crippen molar-refractivity contribution in [3.05, 3.63) is 102 Å². The lowest BCUT2D eigenvalue weighted by molar-refractivity contribution is 0.414. The molecule has 0 fully saturated rings. The molecule has 0 bridgehead atoms. The number of hydrogen-bond donors (Lipinski definition) is 0. The number of ether oxygens (including phenoxy) is 2. The Morgan fingerprint density at radius 1 is 0.767 bits per heavy atom.